The van der Waals surface area contributed by atoms with Crippen molar-refractivity contribution in [1.82, 2.24) is 10.6 Å². The Hall–Kier alpha value is -0.630. The number of nitrogens with one attached hydrogen (secondary N) is 2. The summed E-state index contributed by atoms with van der Waals surface area (Å²) in [6.45, 7) is 13.7. The molecule has 2 N–H and O–H groups in total. The van der Waals surface area contributed by atoms with Gasteiger partial charge in [0.15, 0.2) is 0 Å². The summed E-state index contributed by atoms with van der Waals surface area (Å²) in [7, 11) is 1.87. The van der Waals surface area contributed by atoms with Crippen LogP contribution >= 0.6 is 11.8 Å². The maximum Gasteiger partial charge on any atom is 0.246 e. The lowest BCUT2D eigenvalue weighted by Gasteiger charge is -2.27. The Labute approximate surface area is 164 Å². The van der Waals surface area contributed by atoms with Gasteiger partial charge in [-0.2, -0.15) is 11.8 Å². The van der Waals surface area contributed by atoms with Crippen LogP contribution in [0.2, 0.25) is 0 Å². The summed E-state index contributed by atoms with van der Waals surface area (Å²) < 4.78 is 10.4. The number of amides is 1. The van der Waals surface area contributed by atoms with E-state index < -0.39 is 0 Å². The molecule has 0 unspecified atom stereocenters. The molecule has 0 fully saturated rings. The van der Waals surface area contributed by atoms with Gasteiger partial charge in [0.05, 0.1) is 19.8 Å². The first-order valence-corrected chi connectivity index (χ1v) is 10.5. The Balaban J connectivity index is 0. The molecule has 0 aromatic heterocycles. The van der Waals surface area contributed by atoms with Crippen molar-refractivity contribution < 1.29 is 19.1 Å². The molecular weight excluding hydrogens is 352 g/mol. The fraction of sp³-hybridized carbons (Fsp3) is 0.895. The molecule has 0 saturated carbocycles. The van der Waals surface area contributed by atoms with Crippen molar-refractivity contribution >= 4 is 24.0 Å². The van der Waals surface area contributed by atoms with Crippen molar-refractivity contribution in [2.45, 2.75) is 41.0 Å². The van der Waals surface area contributed by atoms with Crippen LogP contribution in [0, 0.1) is 10.8 Å². The highest BCUT2D eigenvalue weighted by atomic mass is 32.2. The molecule has 0 aliphatic carbocycles. The van der Waals surface area contributed by atoms with E-state index in [2.05, 4.69) is 31.4 Å². The van der Waals surface area contributed by atoms with E-state index in [0.29, 0.717) is 26.4 Å². The summed E-state index contributed by atoms with van der Waals surface area (Å²) in [4.78, 5) is 21.7. The second kappa shape index (κ2) is 16.5. The summed E-state index contributed by atoms with van der Waals surface area (Å²) in [5.41, 5.74) is 0.0999. The monoisotopic (exact) mass is 392 g/mol. The first-order valence-electron chi connectivity index (χ1n) is 9.10. The number of hydrogen-bond donors (Lipinski definition) is 2. The number of rotatable bonds is 13. The highest BCUT2D eigenvalue weighted by Gasteiger charge is 2.24. The lowest BCUT2D eigenvalue weighted by atomic mass is 9.77. The van der Waals surface area contributed by atoms with E-state index in [1.807, 2.05) is 27.2 Å². The molecule has 0 aromatic rings. The standard InChI is InChI=1S/C10H22N2O3S.C9H18O/c1-11-3-5-14-6-7-15-9-10(13)12-4-8-16-2;1-8(2,3)6-9(4,5)7-10/h11H,3-9H2,1-2H3,(H,12,13);7H,6H2,1-5H3. The minimum Gasteiger partial charge on any atom is -0.378 e. The van der Waals surface area contributed by atoms with Crippen LogP contribution in [0.4, 0.5) is 0 Å². The van der Waals surface area contributed by atoms with E-state index in [4.69, 9.17) is 9.47 Å². The van der Waals surface area contributed by atoms with Crippen molar-refractivity contribution in [3.63, 3.8) is 0 Å². The number of hydrogen-bond acceptors (Lipinski definition) is 6. The van der Waals surface area contributed by atoms with Gasteiger partial charge in [-0.3, -0.25) is 4.79 Å². The van der Waals surface area contributed by atoms with Gasteiger partial charge in [-0.05, 0) is 25.1 Å². The van der Waals surface area contributed by atoms with Gasteiger partial charge >= 0.3 is 0 Å². The van der Waals surface area contributed by atoms with Gasteiger partial charge in [-0.15, -0.1) is 0 Å². The normalized spacial score (nSPS) is 11.5. The predicted octanol–water partition coefficient (Wildman–Crippen LogP) is 2.37. The number of likely N-dealkylation sites (N-methyl/N-ethyl adjacent to an activating group) is 1. The van der Waals surface area contributed by atoms with Crippen molar-refractivity contribution in [3.8, 4) is 0 Å². The fourth-order valence-corrected chi connectivity index (χ4v) is 2.62. The SMILES string of the molecule is CC(C)(C)CC(C)(C)C=O.CNCCOCCOCC(=O)NCCSC. The molecule has 0 atom stereocenters. The molecule has 0 rings (SSSR count). The first kappa shape index (κ1) is 27.6. The number of carbonyl (C=O) groups is 2. The van der Waals surface area contributed by atoms with E-state index in [-0.39, 0.29) is 23.3 Å². The van der Waals surface area contributed by atoms with Crippen LogP contribution in [0.15, 0.2) is 0 Å². The van der Waals surface area contributed by atoms with Crippen LogP contribution in [0.25, 0.3) is 0 Å². The van der Waals surface area contributed by atoms with Crippen molar-refractivity contribution in [3.05, 3.63) is 0 Å². The molecule has 7 heteroatoms. The molecule has 156 valence electrons. The van der Waals surface area contributed by atoms with Crippen LogP contribution in [0.5, 0.6) is 0 Å². The van der Waals surface area contributed by atoms with E-state index in [9.17, 15) is 9.59 Å². The summed E-state index contributed by atoms with van der Waals surface area (Å²) >= 11 is 1.70. The minimum atomic E-state index is -0.155. The summed E-state index contributed by atoms with van der Waals surface area (Å²) in [6.07, 6.45) is 3.99. The molecule has 0 saturated heterocycles. The van der Waals surface area contributed by atoms with Crippen LogP contribution < -0.4 is 10.6 Å². The van der Waals surface area contributed by atoms with E-state index >= 15 is 0 Å². The molecule has 0 bridgehead atoms. The number of thioether (sulfide) groups is 1. The molecule has 0 spiro atoms. The fourth-order valence-electron chi connectivity index (χ4n) is 2.31. The average molecular weight is 393 g/mol. The zero-order valence-corrected chi connectivity index (χ0v) is 18.6. The van der Waals surface area contributed by atoms with Crippen molar-refractivity contribution in [1.29, 1.82) is 0 Å². The van der Waals surface area contributed by atoms with Crippen LogP contribution in [0.3, 0.4) is 0 Å². The Morgan fingerprint density at radius 3 is 2.12 bits per heavy atom. The first-order chi connectivity index (χ1) is 12.1. The molecule has 1 amide bonds. The van der Waals surface area contributed by atoms with Crippen molar-refractivity contribution in [2.75, 3.05) is 58.6 Å². The smallest absolute Gasteiger partial charge is 0.246 e. The molecule has 0 heterocycles. The van der Waals surface area contributed by atoms with E-state index in [1.165, 1.54) is 0 Å². The molecule has 0 radical (unpaired) electrons. The highest BCUT2D eigenvalue weighted by Crippen LogP contribution is 2.30. The van der Waals surface area contributed by atoms with Gasteiger partial charge in [0.1, 0.15) is 12.9 Å². The van der Waals surface area contributed by atoms with Gasteiger partial charge in [0, 0.05) is 24.3 Å². The average Bonchev–Trinajstić information content (AvgIpc) is 2.53. The van der Waals surface area contributed by atoms with Gasteiger partial charge < -0.3 is 24.9 Å². The molecule has 0 aliphatic rings. The van der Waals surface area contributed by atoms with Crippen LogP contribution in [0.1, 0.15) is 41.0 Å². The predicted molar refractivity (Wildman–Crippen MR) is 111 cm³/mol. The molecular formula is C19H40N2O4S. The summed E-state index contributed by atoms with van der Waals surface area (Å²) in [5, 5.41) is 5.73. The maximum atomic E-state index is 11.2. The second-order valence-electron chi connectivity index (χ2n) is 7.96. The maximum absolute atomic E-state index is 11.2. The largest absolute Gasteiger partial charge is 0.378 e. The number of ether oxygens (including phenoxy) is 2. The Bertz CT molecular complexity index is 358. The zero-order valence-electron chi connectivity index (χ0n) is 17.8. The number of aldehydes is 1. The van der Waals surface area contributed by atoms with Crippen LogP contribution in [-0.2, 0) is 19.1 Å². The van der Waals surface area contributed by atoms with Gasteiger partial charge in [-0.25, -0.2) is 0 Å². The van der Waals surface area contributed by atoms with E-state index in [0.717, 1.165) is 25.0 Å². The summed E-state index contributed by atoms with van der Waals surface area (Å²) in [5.74, 6) is 0.864. The Kier molecular flexibility index (Phi) is 17.5. The number of carbonyl (C=O) groups excluding carboxylic acids is 2. The highest BCUT2D eigenvalue weighted by molar-refractivity contribution is 7.98. The van der Waals surface area contributed by atoms with Gasteiger partial charge in [0.25, 0.3) is 0 Å². The molecule has 0 aromatic carbocycles. The third kappa shape index (κ3) is 23.4. The second-order valence-corrected chi connectivity index (χ2v) is 8.94. The molecule has 0 aliphatic heterocycles. The van der Waals surface area contributed by atoms with Gasteiger partial charge in [0.2, 0.25) is 5.91 Å². The minimum absolute atomic E-state index is 0.0655. The van der Waals surface area contributed by atoms with E-state index in [1.54, 1.807) is 11.8 Å². The third-order valence-corrected chi connectivity index (χ3v) is 3.65. The topological polar surface area (TPSA) is 76.7 Å². The molecule has 6 nitrogen and oxygen atoms in total. The third-order valence-electron chi connectivity index (χ3n) is 3.03. The lowest BCUT2D eigenvalue weighted by molar-refractivity contribution is -0.126. The quantitative estimate of drug-likeness (QED) is 0.370. The zero-order chi connectivity index (χ0) is 20.5. The van der Waals surface area contributed by atoms with Gasteiger partial charge in [-0.1, -0.05) is 34.6 Å². The summed E-state index contributed by atoms with van der Waals surface area (Å²) in [6, 6.07) is 0. The Morgan fingerprint density at radius 1 is 1.04 bits per heavy atom. The van der Waals surface area contributed by atoms with Crippen LogP contribution in [-0.4, -0.2) is 70.8 Å². The molecule has 26 heavy (non-hydrogen) atoms. The lowest BCUT2D eigenvalue weighted by Crippen LogP contribution is -2.30. The van der Waals surface area contributed by atoms with Crippen molar-refractivity contribution in [2.24, 2.45) is 10.8 Å². The Morgan fingerprint density at radius 2 is 1.65 bits per heavy atom.